The smallest absolute Gasteiger partial charge is 0.326 e. The number of benzene rings is 1. The van der Waals surface area contributed by atoms with Crippen molar-refractivity contribution in [2.75, 3.05) is 6.54 Å². The molecule has 0 aliphatic rings. The van der Waals surface area contributed by atoms with Crippen molar-refractivity contribution in [2.24, 2.45) is 5.92 Å². The lowest BCUT2D eigenvalue weighted by molar-refractivity contribution is -0.143. The van der Waals surface area contributed by atoms with Crippen molar-refractivity contribution in [1.29, 1.82) is 0 Å². The summed E-state index contributed by atoms with van der Waals surface area (Å²) in [4.78, 5) is 25.0. The third-order valence-corrected chi connectivity index (χ3v) is 3.24. The van der Waals surface area contributed by atoms with Gasteiger partial charge in [-0.1, -0.05) is 26.0 Å². The van der Waals surface area contributed by atoms with E-state index in [-0.39, 0.29) is 18.0 Å². The van der Waals surface area contributed by atoms with Crippen molar-refractivity contribution in [3.63, 3.8) is 0 Å². The Hall–Kier alpha value is -1.91. The summed E-state index contributed by atoms with van der Waals surface area (Å²) >= 11 is 0. The second-order valence-electron chi connectivity index (χ2n) is 5.05. The van der Waals surface area contributed by atoms with Crippen LogP contribution in [-0.4, -0.2) is 34.5 Å². The molecular weight excluding hydrogens is 261 g/mol. The fourth-order valence-corrected chi connectivity index (χ4v) is 2.21. The molecular formula is C15H20FNO3. The zero-order valence-electron chi connectivity index (χ0n) is 12.2. The minimum Gasteiger partial charge on any atom is -0.480 e. The second-order valence-corrected chi connectivity index (χ2v) is 5.05. The van der Waals surface area contributed by atoms with Gasteiger partial charge in [0, 0.05) is 6.54 Å². The van der Waals surface area contributed by atoms with Crippen LogP contribution in [0.1, 0.15) is 36.7 Å². The molecule has 0 saturated carbocycles. The highest BCUT2D eigenvalue weighted by atomic mass is 19.1. The molecule has 1 aromatic rings. The summed E-state index contributed by atoms with van der Waals surface area (Å²) in [7, 11) is 0. The Morgan fingerprint density at radius 2 is 1.95 bits per heavy atom. The molecule has 1 unspecified atom stereocenters. The number of carbonyl (C=O) groups is 2. The summed E-state index contributed by atoms with van der Waals surface area (Å²) in [6, 6.07) is 3.57. The molecule has 0 spiro atoms. The fourth-order valence-electron chi connectivity index (χ4n) is 2.21. The molecule has 0 bridgehead atoms. The molecule has 1 N–H and O–H groups in total. The van der Waals surface area contributed by atoms with E-state index in [1.54, 1.807) is 39.8 Å². The Balaban J connectivity index is 3.21. The minimum absolute atomic E-state index is 0.0845. The van der Waals surface area contributed by atoms with Crippen LogP contribution in [0.3, 0.4) is 0 Å². The van der Waals surface area contributed by atoms with Gasteiger partial charge in [0.2, 0.25) is 0 Å². The number of aliphatic carboxylic acids is 1. The van der Waals surface area contributed by atoms with Gasteiger partial charge in [0.25, 0.3) is 5.91 Å². The van der Waals surface area contributed by atoms with E-state index in [1.807, 2.05) is 0 Å². The Kier molecular flexibility index (Phi) is 5.25. The van der Waals surface area contributed by atoms with Crippen LogP contribution in [0, 0.1) is 18.7 Å². The number of hydrogen-bond acceptors (Lipinski definition) is 2. The molecule has 0 aliphatic heterocycles. The van der Waals surface area contributed by atoms with Crippen LogP contribution in [0.25, 0.3) is 0 Å². The Morgan fingerprint density at radius 1 is 1.35 bits per heavy atom. The third-order valence-electron chi connectivity index (χ3n) is 3.24. The van der Waals surface area contributed by atoms with Crippen LogP contribution in [0.5, 0.6) is 0 Å². The molecule has 0 radical (unpaired) electrons. The maximum absolute atomic E-state index is 14.0. The first-order chi connectivity index (χ1) is 9.31. The van der Waals surface area contributed by atoms with E-state index < -0.39 is 23.7 Å². The summed E-state index contributed by atoms with van der Waals surface area (Å²) in [5.41, 5.74) is 0.280. The van der Waals surface area contributed by atoms with Crippen molar-refractivity contribution < 1.29 is 19.1 Å². The van der Waals surface area contributed by atoms with Crippen LogP contribution < -0.4 is 0 Å². The van der Waals surface area contributed by atoms with Crippen molar-refractivity contribution in [3.8, 4) is 0 Å². The Labute approximate surface area is 118 Å². The van der Waals surface area contributed by atoms with Crippen molar-refractivity contribution in [2.45, 2.75) is 33.7 Å². The van der Waals surface area contributed by atoms with Gasteiger partial charge in [0.15, 0.2) is 0 Å². The van der Waals surface area contributed by atoms with Gasteiger partial charge in [-0.2, -0.15) is 0 Å². The molecule has 5 heteroatoms. The van der Waals surface area contributed by atoms with Gasteiger partial charge < -0.3 is 10.0 Å². The lowest BCUT2D eigenvalue weighted by atomic mass is 10.0. The maximum atomic E-state index is 14.0. The van der Waals surface area contributed by atoms with E-state index in [4.69, 9.17) is 0 Å². The van der Waals surface area contributed by atoms with Gasteiger partial charge in [-0.3, -0.25) is 4.79 Å². The summed E-state index contributed by atoms with van der Waals surface area (Å²) < 4.78 is 14.0. The number of carboxylic acid groups (broad SMARTS) is 1. The number of carboxylic acids is 1. The van der Waals surface area contributed by atoms with Gasteiger partial charge in [0.1, 0.15) is 11.9 Å². The van der Waals surface area contributed by atoms with E-state index in [0.29, 0.717) is 5.56 Å². The predicted octanol–water partition coefficient (Wildman–Crippen LogP) is 2.71. The molecule has 1 rings (SSSR count). The molecule has 0 heterocycles. The van der Waals surface area contributed by atoms with Gasteiger partial charge in [-0.05, 0) is 31.4 Å². The van der Waals surface area contributed by atoms with E-state index in [9.17, 15) is 19.1 Å². The zero-order valence-corrected chi connectivity index (χ0v) is 12.2. The van der Waals surface area contributed by atoms with Crippen LogP contribution in [0.4, 0.5) is 4.39 Å². The minimum atomic E-state index is -1.08. The number of amides is 1. The number of nitrogens with zero attached hydrogens (tertiary/aromatic N) is 1. The number of rotatable bonds is 5. The molecule has 1 atom stereocenters. The highest BCUT2D eigenvalue weighted by Gasteiger charge is 2.32. The third kappa shape index (κ3) is 3.15. The molecule has 1 amide bonds. The van der Waals surface area contributed by atoms with Crippen LogP contribution in [0.15, 0.2) is 18.2 Å². The highest BCUT2D eigenvalue weighted by Crippen LogP contribution is 2.19. The van der Waals surface area contributed by atoms with E-state index in [0.717, 1.165) is 0 Å². The molecule has 0 saturated heterocycles. The lowest BCUT2D eigenvalue weighted by Crippen LogP contribution is -2.48. The largest absolute Gasteiger partial charge is 0.480 e. The zero-order chi connectivity index (χ0) is 15.4. The van der Waals surface area contributed by atoms with Crippen LogP contribution in [0.2, 0.25) is 0 Å². The first-order valence-electron chi connectivity index (χ1n) is 6.60. The number of likely N-dealkylation sites (N-methyl/N-ethyl adjacent to an activating group) is 1. The molecule has 0 fully saturated rings. The average molecular weight is 281 g/mol. The number of aryl methyl sites for hydroxylation is 1. The molecule has 0 aromatic heterocycles. The Bertz CT molecular complexity index is 514. The van der Waals surface area contributed by atoms with Crippen molar-refractivity contribution >= 4 is 11.9 Å². The topological polar surface area (TPSA) is 57.6 Å². The molecule has 20 heavy (non-hydrogen) atoms. The summed E-state index contributed by atoms with van der Waals surface area (Å²) in [5, 5.41) is 9.28. The second kappa shape index (κ2) is 6.50. The van der Waals surface area contributed by atoms with Crippen LogP contribution in [-0.2, 0) is 4.79 Å². The van der Waals surface area contributed by atoms with Crippen molar-refractivity contribution in [3.05, 3.63) is 35.1 Å². The SMILES string of the molecule is CCN(C(=O)c1cccc(C)c1F)C(C(=O)O)C(C)C. The summed E-state index contributed by atoms with van der Waals surface area (Å²) in [5.74, 6) is -2.52. The first kappa shape index (κ1) is 16.1. The first-order valence-corrected chi connectivity index (χ1v) is 6.60. The van der Waals surface area contributed by atoms with E-state index in [2.05, 4.69) is 0 Å². The van der Waals surface area contributed by atoms with Gasteiger partial charge >= 0.3 is 5.97 Å². The van der Waals surface area contributed by atoms with Gasteiger partial charge in [-0.15, -0.1) is 0 Å². The average Bonchev–Trinajstić information content (AvgIpc) is 2.37. The Morgan fingerprint density at radius 3 is 2.40 bits per heavy atom. The molecule has 0 aliphatic carbocycles. The molecule has 1 aromatic carbocycles. The number of halogens is 1. The molecule has 110 valence electrons. The normalized spacial score (nSPS) is 12.3. The summed E-state index contributed by atoms with van der Waals surface area (Å²) in [6.45, 7) is 6.91. The van der Waals surface area contributed by atoms with Crippen molar-refractivity contribution in [1.82, 2.24) is 4.90 Å². The number of hydrogen-bond donors (Lipinski definition) is 1. The fraction of sp³-hybridized carbons (Fsp3) is 0.467. The van der Waals surface area contributed by atoms with Gasteiger partial charge in [0.05, 0.1) is 5.56 Å². The van der Waals surface area contributed by atoms with E-state index >= 15 is 0 Å². The van der Waals surface area contributed by atoms with E-state index in [1.165, 1.54) is 11.0 Å². The lowest BCUT2D eigenvalue weighted by Gasteiger charge is -2.30. The quantitative estimate of drug-likeness (QED) is 0.902. The number of carbonyl (C=O) groups excluding carboxylic acids is 1. The predicted molar refractivity (Wildman–Crippen MR) is 74.1 cm³/mol. The van der Waals surface area contributed by atoms with Crippen LogP contribution >= 0.6 is 0 Å². The molecule has 4 nitrogen and oxygen atoms in total. The maximum Gasteiger partial charge on any atom is 0.326 e. The van der Waals surface area contributed by atoms with Gasteiger partial charge in [-0.25, -0.2) is 9.18 Å². The highest BCUT2D eigenvalue weighted by molar-refractivity contribution is 5.97. The standard InChI is InChI=1S/C15H20FNO3/c1-5-17(13(9(2)3)15(19)20)14(18)11-8-6-7-10(4)12(11)16/h6-9,13H,5H2,1-4H3,(H,19,20). The monoisotopic (exact) mass is 281 g/mol. The summed E-state index contributed by atoms with van der Waals surface area (Å²) in [6.07, 6.45) is 0.